The average Bonchev–Trinajstić information content (AvgIpc) is 3.32. The molecule has 0 spiro atoms. The number of guanidine groups is 1. The predicted octanol–water partition coefficient (Wildman–Crippen LogP) is 2.52. The fourth-order valence-corrected chi connectivity index (χ4v) is 4.87. The first-order valence-corrected chi connectivity index (χ1v) is 11.4. The van der Waals surface area contributed by atoms with Crippen molar-refractivity contribution < 1.29 is 18.6 Å². The largest absolute Gasteiger partial charge is 0.381 e. The molecule has 7 nitrogen and oxygen atoms in total. The van der Waals surface area contributed by atoms with Gasteiger partial charge >= 0.3 is 0 Å². The van der Waals surface area contributed by atoms with Crippen molar-refractivity contribution in [1.82, 2.24) is 15.1 Å². The molecule has 1 aromatic rings. The van der Waals surface area contributed by atoms with Gasteiger partial charge in [-0.1, -0.05) is 12.1 Å². The van der Waals surface area contributed by atoms with E-state index in [1.165, 1.54) is 12.1 Å². The number of ether oxygens (including phenoxy) is 3. The maximum absolute atomic E-state index is 13.3. The van der Waals surface area contributed by atoms with E-state index in [1.54, 1.807) is 12.1 Å². The molecule has 0 bridgehead atoms. The number of aliphatic imine (C=N–C) groups is 1. The molecule has 3 fully saturated rings. The smallest absolute Gasteiger partial charge is 0.193 e. The number of hydrogen-bond acceptors (Lipinski definition) is 5. The number of rotatable bonds is 5. The lowest BCUT2D eigenvalue weighted by atomic mass is 9.97. The van der Waals surface area contributed by atoms with Gasteiger partial charge in [-0.15, -0.1) is 24.0 Å². The quantitative estimate of drug-likeness (QED) is 0.339. The van der Waals surface area contributed by atoms with Crippen molar-refractivity contribution in [2.45, 2.75) is 31.6 Å². The molecule has 4 unspecified atom stereocenters. The lowest BCUT2D eigenvalue weighted by molar-refractivity contribution is -0.0607. The van der Waals surface area contributed by atoms with Gasteiger partial charge in [0.2, 0.25) is 0 Å². The molecule has 0 aromatic heterocycles. The SMILES string of the molecule is CN=C(NCC(C1CCOC1)N1CCOCC1)N1CC(C)OC(c2ccc(F)cc2)C1.I. The molecule has 0 amide bonds. The Bertz CT molecular complexity index is 726. The number of benzene rings is 1. The van der Waals surface area contributed by atoms with Crippen molar-refractivity contribution >= 4 is 29.9 Å². The predicted molar refractivity (Wildman–Crippen MR) is 133 cm³/mol. The monoisotopic (exact) mass is 562 g/mol. The fourth-order valence-electron chi connectivity index (χ4n) is 4.87. The van der Waals surface area contributed by atoms with E-state index in [-0.39, 0.29) is 42.0 Å². The van der Waals surface area contributed by atoms with Crippen LogP contribution in [0, 0.1) is 11.7 Å². The number of nitrogens with one attached hydrogen (secondary N) is 1. The minimum atomic E-state index is -0.230. The Labute approximate surface area is 207 Å². The lowest BCUT2D eigenvalue weighted by Gasteiger charge is -2.41. The van der Waals surface area contributed by atoms with Gasteiger partial charge in [0.15, 0.2) is 5.96 Å². The van der Waals surface area contributed by atoms with Gasteiger partial charge in [0.05, 0.1) is 32.5 Å². The van der Waals surface area contributed by atoms with Crippen LogP contribution in [-0.4, -0.2) is 94.1 Å². The third-order valence-corrected chi connectivity index (χ3v) is 6.51. The minimum Gasteiger partial charge on any atom is -0.381 e. The summed E-state index contributed by atoms with van der Waals surface area (Å²) in [6, 6.07) is 6.99. The van der Waals surface area contributed by atoms with Gasteiger partial charge in [0.1, 0.15) is 11.9 Å². The van der Waals surface area contributed by atoms with Gasteiger partial charge in [-0.2, -0.15) is 0 Å². The number of hydrogen-bond donors (Lipinski definition) is 1. The van der Waals surface area contributed by atoms with E-state index in [0.29, 0.717) is 18.5 Å². The molecule has 32 heavy (non-hydrogen) atoms. The highest BCUT2D eigenvalue weighted by molar-refractivity contribution is 14.0. The van der Waals surface area contributed by atoms with Crippen LogP contribution in [0.1, 0.15) is 25.0 Å². The highest BCUT2D eigenvalue weighted by Crippen LogP contribution is 2.26. The fraction of sp³-hybridized carbons (Fsp3) is 0.696. The summed E-state index contributed by atoms with van der Waals surface area (Å²) in [4.78, 5) is 9.36. The molecule has 0 saturated carbocycles. The Morgan fingerprint density at radius 2 is 1.91 bits per heavy atom. The van der Waals surface area contributed by atoms with Gasteiger partial charge in [-0.05, 0) is 31.0 Å². The Morgan fingerprint density at radius 3 is 2.56 bits per heavy atom. The molecule has 180 valence electrons. The maximum Gasteiger partial charge on any atom is 0.193 e. The molecule has 0 radical (unpaired) electrons. The zero-order valence-corrected chi connectivity index (χ0v) is 21.4. The highest BCUT2D eigenvalue weighted by Gasteiger charge is 2.33. The van der Waals surface area contributed by atoms with Gasteiger partial charge in [0.25, 0.3) is 0 Å². The van der Waals surface area contributed by atoms with Gasteiger partial charge < -0.3 is 24.4 Å². The van der Waals surface area contributed by atoms with E-state index in [0.717, 1.165) is 70.6 Å². The summed E-state index contributed by atoms with van der Waals surface area (Å²) in [6.07, 6.45) is 1.05. The first-order valence-electron chi connectivity index (χ1n) is 11.4. The Hall–Kier alpha value is -1.01. The van der Waals surface area contributed by atoms with Crippen LogP contribution >= 0.6 is 24.0 Å². The summed E-state index contributed by atoms with van der Waals surface area (Å²) >= 11 is 0. The standard InChI is InChI=1S/C23H35FN4O3.HI/c1-17-14-28(15-22(31-17)18-3-5-20(24)6-4-18)23(25-2)26-13-21(19-7-10-30-16-19)27-8-11-29-12-9-27;/h3-6,17,19,21-22H,7-16H2,1-2H3,(H,25,26);1H. The number of nitrogens with zero attached hydrogens (tertiary/aromatic N) is 3. The first kappa shape index (κ1) is 25.6. The van der Waals surface area contributed by atoms with Crippen LogP contribution in [0.25, 0.3) is 0 Å². The molecular formula is C23H36FIN4O3. The maximum atomic E-state index is 13.3. The van der Waals surface area contributed by atoms with Gasteiger partial charge in [-0.3, -0.25) is 9.89 Å². The van der Waals surface area contributed by atoms with Crippen LogP contribution in [-0.2, 0) is 14.2 Å². The zero-order valence-electron chi connectivity index (χ0n) is 19.0. The molecule has 3 aliphatic rings. The summed E-state index contributed by atoms with van der Waals surface area (Å²) in [5, 5.41) is 3.64. The van der Waals surface area contributed by atoms with E-state index >= 15 is 0 Å². The molecule has 3 aliphatic heterocycles. The number of morpholine rings is 2. The molecule has 4 atom stereocenters. The van der Waals surface area contributed by atoms with Crippen molar-refractivity contribution in [3.8, 4) is 0 Å². The molecule has 9 heteroatoms. The highest BCUT2D eigenvalue weighted by atomic mass is 127. The zero-order chi connectivity index (χ0) is 21.6. The Morgan fingerprint density at radius 1 is 1.16 bits per heavy atom. The van der Waals surface area contributed by atoms with Crippen LogP contribution < -0.4 is 5.32 Å². The van der Waals surface area contributed by atoms with Crippen molar-refractivity contribution in [1.29, 1.82) is 0 Å². The van der Waals surface area contributed by atoms with Gasteiger partial charge in [0, 0.05) is 51.8 Å². The molecule has 4 rings (SSSR count). The van der Waals surface area contributed by atoms with Crippen LogP contribution in [0.4, 0.5) is 4.39 Å². The van der Waals surface area contributed by atoms with Crippen molar-refractivity contribution in [2.24, 2.45) is 10.9 Å². The molecule has 3 saturated heterocycles. The van der Waals surface area contributed by atoms with Crippen LogP contribution in [0.2, 0.25) is 0 Å². The third-order valence-electron chi connectivity index (χ3n) is 6.51. The van der Waals surface area contributed by atoms with Crippen molar-refractivity contribution in [3.05, 3.63) is 35.6 Å². The van der Waals surface area contributed by atoms with E-state index in [1.807, 2.05) is 7.05 Å². The second kappa shape index (κ2) is 12.5. The molecule has 1 N–H and O–H groups in total. The number of halogens is 2. The summed E-state index contributed by atoms with van der Waals surface area (Å²) in [5.41, 5.74) is 0.989. The van der Waals surface area contributed by atoms with E-state index in [4.69, 9.17) is 14.2 Å². The second-order valence-electron chi connectivity index (χ2n) is 8.66. The first-order chi connectivity index (χ1) is 15.1. The van der Waals surface area contributed by atoms with Crippen LogP contribution in [0.5, 0.6) is 0 Å². The molecule has 1 aromatic carbocycles. The Kier molecular flexibility index (Phi) is 9.97. The van der Waals surface area contributed by atoms with Crippen molar-refractivity contribution in [3.63, 3.8) is 0 Å². The normalized spacial score (nSPS) is 28.3. The summed E-state index contributed by atoms with van der Waals surface area (Å²) < 4.78 is 30.8. The van der Waals surface area contributed by atoms with Crippen molar-refractivity contribution in [2.75, 3.05) is 66.2 Å². The molecule has 0 aliphatic carbocycles. The van der Waals surface area contributed by atoms with Gasteiger partial charge in [-0.25, -0.2) is 4.39 Å². The topological polar surface area (TPSA) is 58.6 Å². The van der Waals surface area contributed by atoms with E-state index in [9.17, 15) is 4.39 Å². The van der Waals surface area contributed by atoms with E-state index < -0.39 is 0 Å². The van der Waals surface area contributed by atoms with E-state index in [2.05, 4.69) is 27.0 Å². The Balaban J connectivity index is 0.00000289. The molecule has 3 heterocycles. The summed E-state index contributed by atoms with van der Waals surface area (Å²) in [6.45, 7) is 9.53. The second-order valence-corrected chi connectivity index (χ2v) is 8.66. The van der Waals surface area contributed by atoms with Crippen LogP contribution in [0.3, 0.4) is 0 Å². The lowest BCUT2D eigenvalue weighted by Crippen LogP contribution is -2.56. The third kappa shape index (κ3) is 6.53. The average molecular weight is 562 g/mol. The van der Waals surface area contributed by atoms with Crippen LogP contribution in [0.15, 0.2) is 29.3 Å². The minimum absolute atomic E-state index is 0. The molecular weight excluding hydrogens is 526 g/mol. The summed E-state index contributed by atoms with van der Waals surface area (Å²) in [7, 11) is 1.83. The summed E-state index contributed by atoms with van der Waals surface area (Å²) in [5.74, 6) is 1.19.